The number of rotatable bonds is 11. The second kappa shape index (κ2) is 17.0. The van der Waals surface area contributed by atoms with Crippen LogP contribution in [0.4, 0.5) is 11.5 Å². The number of amides is 1. The van der Waals surface area contributed by atoms with E-state index < -0.39 is 0 Å². The van der Waals surface area contributed by atoms with Gasteiger partial charge in [-0.1, -0.05) is 34.6 Å². The van der Waals surface area contributed by atoms with Crippen LogP contribution in [0.5, 0.6) is 0 Å². The molecule has 2 aliphatic rings. The molecule has 1 amide bonds. The van der Waals surface area contributed by atoms with Gasteiger partial charge in [-0.2, -0.15) is 0 Å². The third kappa shape index (κ3) is 9.42. The Morgan fingerprint density at radius 3 is 2.36 bits per heavy atom. The number of allylic oxidation sites excluding steroid dienone is 1. The summed E-state index contributed by atoms with van der Waals surface area (Å²) >= 11 is 1.99. The second-order valence-electron chi connectivity index (χ2n) is 9.42. The van der Waals surface area contributed by atoms with E-state index in [0.717, 1.165) is 87.1 Å². The zero-order chi connectivity index (χ0) is 28.7. The van der Waals surface area contributed by atoms with Crippen LogP contribution in [0.2, 0.25) is 0 Å². The lowest BCUT2D eigenvalue weighted by Crippen LogP contribution is -2.37. The minimum atomic E-state index is 0.0352. The number of carbonyl (C=O) groups excluding carboxylic acids is 1. The molecular weight excluding hydrogens is 508 g/mol. The number of aromatic nitrogens is 2. The van der Waals surface area contributed by atoms with Crippen LogP contribution in [-0.4, -0.2) is 56.3 Å². The van der Waals surface area contributed by atoms with Gasteiger partial charge >= 0.3 is 0 Å². The Balaban J connectivity index is 0.000000998. The number of nitrogens with zero attached hydrogens (tertiary/aromatic N) is 3. The quantitative estimate of drug-likeness (QED) is 0.300. The first-order valence-electron chi connectivity index (χ1n) is 14.3. The van der Waals surface area contributed by atoms with Crippen molar-refractivity contribution in [3.8, 4) is 11.4 Å². The van der Waals surface area contributed by atoms with Gasteiger partial charge in [-0.05, 0) is 55.9 Å². The molecule has 4 N–H and O–H groups in total. The molecule has 1 aromatic heterocycles. The highest BCUT2D eigenvalue weighted by Crippen LogP contribution is 2.60. The van der Waals surface area contributed by atoms with Crippen LogP contribution in [0.3, 0.4) is 0 Å². The molecule has 1 aliphatic heterocycles. The van der Waals surface area contributed by atoms with Crippen molar-refractivity contribution in [2.24, 2.45) is 11.7 Å². The lowest BCUT2D eigenvalue weighted by atomic mass is 10.1. The van der Waals surface area contributed by atoms with E-state index in [1.54, 1.807) is 0 Å². The van der Waals surface area contributed by atoms with Gasteiger partial charge in [0.25, 0.3) is 0 Å². The predicted molar refractivity (Wildman–Crippen MR) is 166 cm³/mol. The maximum atomic E-state index is 8.58. The van der Waals surface area contributed by atoms with Crippen molar-refractivity contribution in [1.29, 1.82) is 0 Å². The van der Waals surface area contributed by atoms with E-state index in [4.69, 9.17) is 19.5 Å². The van der Waals surface area contributed by atoms with Gasteiger partial charge in [0.1, 0.15) is 5.82 Å². The number of ether oxygens (including phenoxy) is 1. The first kappa shape index (κ1) is 32.4. The molecule has 9 heteroatoms. The van der Waals surface area contributed by atoms with Crippen LogP contribution in [-0.2, 0) is 14.3 Å². The zero-order valence-corrected chi connectivity index (χ0v) is 25.4. The van der Waals surface area contributed by atoms with Gasteiger partial charge in [-0.3, -0.25) is 4.79 Å². The first-order valence-corrected chi connectivity index (χ1v) is 15.1. The zero-order valence-electron chi connectivity index (χ0n) is 24.6. The summed E-state index contributed by atoms with van der Waals surface area (Å²) in [6.07, 6.45) is 6.95. The fourth-order valence-electron chi connectivity index (χ4n) is 4.12. The Hall–Kier alpha value is -2.78. The SMILES string of the molecule is CC.CCCNc1ccc(-c2nc(N3CCOCC3)cc(C3(S/C(=C/NC)C(C)CC)CC3)n2)cc1.NC=O. The van der Waals surface area contributed by atoms with Crippen molar-refractivity contribution in [2.45, 2.75) is 65.0 Å². The van der Waals surface area contributed by atoms with Crippen LogP contribution in [0, 0.1) is 5.92 Å². The lowest BCUT2D eigenvalue weighted by molar-refractivity contribution is -0.106. The van der Waals surface area contributed by atoms with Gasteiger partial charge < -0.3 is 26.0 Å². The summed E-state index contributed by atoms with van der Waals surface area (Å²) in [4.78, 5) is 22.5. The largest absolute Gasteiger partial charge is 0.393 e. The van der Waals surface area contributed by atoms with E-state index in [0.29, 0.717) is 5.92 Å². The van der Waals surface area contributed by atoms with Crippen LogP contribution in [0.1, 0.15) is 66.0 Å². The highest BCUT2D eigenvalue weighted by molar-refractivity contribution is 8.04. The molecule has 39 heavy (non-hydrogen) atoms. The van der Waals surface area contributed by atoms with Crippen LogP contribution in [0.25, 0.3) is 11.4 Å². The molecule has 4 rings (SSSR count). The Labute approximate surface area is 239 Å². The molecule has 0 spiro atoms. The van der Waals surface area contributed by atoms with E-state index in [2.05, 4.69) is 78.6 Å². The number of primary amides is 1. The molecule has 1 saturated heterocycles. The van der Waals surface area contributed by atoms with Crippen molar-refractivity contribution in [3.63, 3.8) is 0 Å². The summed E-state index contributed by atoms with van der Waals surface area (Å²) in [5.74, 6) is 2.36. The number of thioether (sulfide) groups is 1. The molecule has 2 heterocycles. The number of morpholine rings is 1. The number of anilines is 2. The Bertz CT molecular complexity index is 1020. The Morgan fingerprint density at radius 2 is 1.82 bits per heavy atom. The van der Waals surface area contributed by atoms with E-state index in [-0.39, 0.29) is 11.2 Å². The molecule has 1 unspecified atom stereocenters. The van der Waals surface area contributed by atoms with Crippen LogP contribution in [0.15, 0.2) is 41.4 Å². The van der Waals surface area contributed by atoms with Gasteiger partial charge in [-0.15, -0.1) is 11.8 Å². The molecule has 1 atom stereocenters. The fourth-order valence-corrected chi connectivity index (χ4v) is 5.63. The lowest BCUT2D eigenvalue weighted by Gasteiger charge is -2.29. The predicted octanol–water partition coefficient (Wildman–Crippen LogP) is 5.76. The molecule has 8 nitrogen and oxygen atoms in total. The summed E-state index contributed by atoms with van der Waals surface area (Å²) in [5.41, 5.74) is 7.52. The molecule has 2 aromatic rings. The fraction of sp³-hybridized carbons (Fsp3) is 0.567. The maximum Gasteiger partial charge on any atom is 0.204 e. The van der Waals surface area contributed by atoms with Crippen LogP contribution < -0.4 is 21.3 Å². The van der Waals surface area contributed by atoms with Gasteiger partial charge in [0.2, 0.25) is 6.41 Å². The Morgan fingerprint density at radius 1 is 1.18 bits per heavy atom. The number of nitrogens with two attached hydrogens (primary N) is 1. The maximum absolute atomic E-state index is 8.58. The van der Waals surface area contributed by atoms with Gasteiger partial charge in [0.15, 0.2) is 5.82 Å². The highest BCUT2D eigenvalue weighted by atomic mass is 32.2. The number of benzene rings is 1. The highest BCUT2D eigenvalue weighted by Gasteiger charge is 2.48. The Kier molecular flexibility index (Phi) is 14.2. The minimum Gasteiger partial charge on any atom is -0.393 e. The number of hydrogen-bond acceptors (Lipinski definition) is 8. The number of carbonyl (C=O) groups is 1. The topological polar surface area (TPSA) is 105 Å². The van der Waals surface area contributed by atoms with Gasteiger partial charge in [0, 0.05) is 55.1 Å². The average Bonchev–Trinajstić information content (AvgIpc) is 3.78. The van der Waals surface area contributed by atoms with E-state index >= 15 is 0 Å². The van der Waals surface area contributed by atoms with Gasteiger partial charge in [-0.25, -0.2) is 9.97 Å². The smallest absolute Gasteiger partial charge is 0.204 e. The summed E-state index contributed by atoms with van der Waals surface area (Å²) < 4.78 is 5.63. The minimum absolute atomic E-state index is 0.0352. The third-order valence-corrected chi connectivity index (χ3v) is 8.40. The van der Waals surface area contributed by atoms with Crippen molar-refractivity contribution in [1.82, 2.24) is 15.3 Å². The first-order chi connectivity index (χ1) is 19.0. The van der Waals surface area contributed by atoms with E-state index in [9.17, 15) is 0 Å². The van der Waals surface area contributed by atoms with Crippen molar-refractivity contribution >= 4 is 29.7 Å². The molecule has 0 radical (unpaired) electrons. The molecule has 0 bridgehead atoms. The summed E-state index contributed by atoms with van der Waals surface area (Å²) in [5, 5.41) is 6.71. The average molecular weight is 557 g/mol. The van der Waals surface area contributed by atoms with E-state index in [1.807, 2.05) is 32.7 Å². The number of hydrogen-bond donors (Lipinski definition) is 3. The summed E-state index contributed by atoms with van der Waals surface area (Å²) in [6.45, 7) is 15.0. The van der Waals surface area contributed by atoms with Crippen molar-refractivity contribution in [3.05, 3.63) is 47.1 Å². The third-order valence-electron chi connectivity index (χ3n) is 6.64. The normalized spacial score (nSPS) is 16.6. The van der Waals surface area contributed by atoms with Crippen molar-refractivity contribution in [2.75, 3.05) is 50.1 Å². The number of nitrogens with one attached hydrogen (secondary N) is 2. The van der Waals surface area contributed by atoms with Crippen molar-refractivity contribution < 1.29 is 9.53 Å². The monoisotopic (exact) mass is 556 g/mol. The van der Waals surface area contributed by atoms with Crippen LogP contribution >= 0.6 is 11.8 Å². The summed E-state index contributed by atoms with van der Waals surface area (Å²) in [7, 11) is 1.99. The second-order valence-corrected chi connectivity index (χ2v) is 10.9. The standard InChI is InChI=1S/C27H39N5OS.C2H6.CH3NO/c1-5-13-29-22-9-7-21(8-10-22)26-30-24(18-25(31-26)32-14-16-33-17-15-32)27(11-12-27)34-23(19-28-4)20(3)6-2;1-2;2-1-3/h7-10,18-20,28-29H,5-6,11-17H2,1-4H3;1-2H3;1H,(H2,2,3)/b23-19+;;. The molecule has 1 aliphatic carbocycles. The molecule has 1 saturated carbocycles. The molecule has 216 valence electrons. The van der Waals surface area contributed by atoms with Gasteiger partial charge in [0.05, 0.1) is 23.7 Å². The molecule has 1 aromatic carbocycles. The van der Waals surface area contributed by atoms with E-state index in [1.165, 1.54) is 4.91 Å². The molecular formula is C30H48N6O2S. The molecule has 2 fully saturated rings. The summed E-state index contributed by atoms with van der Waals surface area (Å²) in [6, 6.07) is 10.8.